The molecular formula is C28H39N5O8. The molecule has 0 unspecified atom stereocenters. The monoisotopic (exact) mass is 573 g/mol. The third kappa shape index (κ3) is 9.19. The molecule has 3 rings (SSSR count). The van der Waals surface area contributed by atoms with Gasteiger partial charge in [-0.2, -0.15) is 0 Å². The maximum absolute atomic E-state index is 13.2. The highest BCUT2D eigenvalue weighted by atomic mass is 16.5. The van der Waals surface area contributed by atoms with Gasteiger partial charge < -0.3 is 35.6 Å². The maximum atomic E-state index is 13.2. The van der Waals surface area contributed by atoms with Gasteiger partial charge in [-0.3, -0.25) is 19.2 Å². The summed E-state index contributed by atoms with van der Waals surface area (Å²) in [4.78, 5) is 77.6. The van der Waals surface area contributed by atoms with Crippen LogP contribution in [-0.2, 0) is 35.3 Å². The first-order chi connectivity index (χ1) is 19.6. The first-order valence-electron chi connectivity index (χ1n) is 13.9. The molecule has 13 heteroatoms. The molecule has 0 saturated carbocycles. The third-order valence-corrected chi connectivity index (χ3v) is 7.08. The first kappa shape index (κ1) is 31.4. The van der Waals surface area contributed by atoms with Gasteiger partial charge in [0.2, 0.25) is 23.6 Å². The normalized spacial score (nSPS) is 19.0. The quantitative estimate of drug-likeness (QED) is 0.282. The van der Waals surface area contributed by atoms with Gasteiger partial charge >= 0.3 is 12.1 Å². The van der Waals surface area contributed by atoms with Crippen LogP contribution in [0.4, 0.5) is 4.79 Å². The van der Waals surface area contributed by atoms with Crippen LogP contribution in [0.15, 0.2) is 30.3 Å². The Labute approximate surface area is 238 Å². The van der Waals surface area contributed by atoms with Crippen LogP contribution in [0.5, 0.6) is 0 Å². The second kappa shape index (κ2) is 15.0. The molecule has 2 aliphatic heterocycles. The van der Waals surface area contributed by atoms with E-state index >= 15 is 0 Å². The zero-order valence-electron chi connectivity index (χ0n) is 23.5. The Morgan fingerprint density at radius 3 is 2.10 bits per heavy atom. The molecule has 0 bridgehead atoms. The van der Waals surface area contributed by atoms with Gasteiger partial charge in [0.1, 0.15) is 31.3 Å². The van der Waals surface area contributed by atoms with E-state index in [9.17, 15) is 33.9 Å². The number of likely N-dealkylation sites (tertiary alicyclic amines) is 2. The number of carbonyl (C=O) groups is 6. The van der Waals surface area contributed by atoms with Crippen molar-refractivity contribution in [2.75, 3.05) is 26.2 Å². The molecule has 2 saturated heterocycles. The fourth-order valence-electron chi connectivity index (χ4n) is 5.04. The van der Waals surface area contributed by atoms with E-state index in [0.717, 1.165) is 5.56 Å². The van der Waals surface area contributed by atoms with E-state index in [1.54, 1.807) is 12.1 Å². The molecule has 1 aromatic rings. The van der Waals surface area contributed by atoms with Crippen LogP contribution in [0.3, 0.4) is 0 Å². The van der Waals surface area contributed by atoms with Crippen molar-refractivity contribution in [1.82, 2.24) is 25.8 Å². The van der Waals surface area contributed by atoms with Crippen molar-refractivity contribution in [3.63, 3.8) is 0 Å². The van der Waals surface area contributed by atoms with Gasteiger partial charge in [0.05, 0.1) is 6.54 Å². The molecule has 0 radical (unpaired) electrons. The second-order valence-corrected chi connectivity index (χ2v) is 10.7. The lowest BCUT2D eigenvalue weighted by atomic mass is 10.0. The van der Waals surface area contributed by atoms with Crippen LogP contribution in [0.2, 0.25) is 0 Å². The maximum Gasteiger partial charge on any atom is 0.407 e. The Balaban J connectivity index is 1.51. The van der Waals surface area contributed by atoms with Crippen molar-refractivity contribution in [1.29, 1.82) is 0 Å². The number of carboxylic acids is 1. The summed E-state index contributed by atoms with van der Waals surface area (Å²) in [7, 11) is 0. The molecular weight excluding hydrogens is 534 g/mol. The Morgan fingerprint density at radius 1 is 0.902 bits per heavy atom. The van der Waals surface area contributed by atoms with Gasteiger partial charge in [-0.25, -0.2) is 9.59 Å². The van der Waals surface area contributed by atoms with E-state index in [0.29, 0.717) is 45.2 Å². The molecule has 224 valence electrons. The second-order valence-electron chi connectivity index (χ2n) is 10.7. The average molecular weight is 574 g/mol. The number of nitrogens with zero attached hydrogens (tertiary/aromatic N) is 2. The van der Waals surface area contributed by atoms with Gasteiger partial charge in [0.15, 0.2) is 0 Å². The molecule has 3 atom stereocenters. The summed E-state index contributed by atoms with van der Waals surface area (Å²) in [6.45, 7) is 3.73. The number of hydrogen-bond donors (Lipinski definition) is 4. The Morgan fingerprint density at radius 2 is 1.49 bits per heavy atom. The molecule has 2 fully saturated rings. The van der Waals surface area contributed by atoms with E-state index in [2.05, 4.69) is 16.0 Å². The Bertz CT molecular complexity index is 1110. The summed E-state index contributed by atoms with van der Waals surface area (Å²) in [6, 6.07) is 6.42. The number of rotatable bonds is 12. The van der Waals surface area contributed by atoms with Gasteiger partial charge in [-0.1, -0.05) is 44.2 Å². The van der Waals surface area contributed by atoms with Crippen LogP contribution in [0, 0.1) is 5.92 Å². The number of amides is 5. The first-order valence-corrected chi connectivity index (χ1v) is 13.9. The molecule has 2 heterocycles. The number of carbonyl (C=O) groups excluding carboxylic acids is 5. The molecule has 13 nitrogen and oxygen atoms in total. The zero-order chi connectivity index (χ0) is 29.9. The van der Waals surface area contributed by atoms with Gasteiger partial charge in [-0.15, -0.1) is 0 Å². The zero-order valence-corrected chi connectivity index (χ0v) is 23.5. The number of carboxylic acid groups (broad SMARTS) is 1. The van der Waals surface area contributed by atoms with Crippen molar-refractivity contribution in [3.05, 3.63) is 35.9 Å². The van der Waals surface area contributed by atoms with Crippen LogP contribution in [0.1, 0.15) is 51.5 Å². The van der Waals surface area contributed by atoms with Crippen molar-refractivity contribution in [2.24, 2.45) is 5.92 Å². The summed E-state index contributed by atoms with van der Waals surface area (Å²) in [5.41, 5.74) is 0.801. The SMILES string of the molecule is CC(C)C[C@H](NC(=O)[C@@H]1CCCN1C(=O)CNC(=O)OCc1ccccc1)C(=O)NCC(=O)N1CCC[C@@H]1C(=O)O. The van der Waals surface area contributed by atoms with Crippen LogP contribution >= 0.6 is 0 Å². The van der Waals surface area contributed by atoms with E-state index in [1.807, 2.05) is 32.0 Å². The third-order valence-electron chi connectivity index (χ3n) is 7.08. The van der Waals surface area contributed by atoms with E-state index in [-0.39, 0.29) is 25.6 Å². The summed E-state index contributed by atoms with van der Waals surface area (Å²) in [5, 5.41) is 17.0. The standard InChI is InChI=1S/C28H39N5O8/c1-18(2)14-20(25(36)29-15-23(34)33-13-7-11-22(33)27(38)39)31-26(37)21-10-6-12-32(21)24(35)16-30-28(40)41-17-19-8-4-3-5-9-19/h3-5,8-9,18,20-22H,6-7,10-17H2,1-2H3,(H,29,36)(H,30,40)(H,31,37)(H,38,39)/t20-,21-,22+/m0/s1. The fourth-order valence-corrected chi connectivity index (χ4v) is 5.04. The average Bonchev–Trinajstić information content (AvgIpc) is 3.64. The molecule has 4 N–H and O–H groups in total. The number of hydrogen-bond acceptors (Lipinski definition) is 7. The summed E-state index contributed by atoms with van der Waals surface area (Å²) in [6.07, 6.45) is 1.46. The van der Waals surface area contributed by atoms with Gasteiger partial charge in [0, 0.05) is 13.1 Å². The minimum absolute atomic E-state index is 0.0316. The number of aliphatic carboxylic acids is 1. The molecule has 2 aliphatic rings. The predicted molar refractivity (Wildman–Crippen MR) is 146 cm³/mol. The highest BCUT2D eigenvalue weighted by molar-refractivity contribution is 5.94. The minimum Gasteiger partial charge on any atom is -0.480 e. The summed E-state index contributed by atoms with van der Waals surface area (Å²) < 4.78 is 5.12. The molecule has 41 heavy (non-hydrogen) atoms. The number of benzene rings is 1. The smallest absolute Gasteiger partial charge is 0.407 e. The van der Waals surface area contributed by atoms with Crippen LogP contribution in [0.25, 0.3) is 0 Å². The lowest BCUT2D eigenvalue weighted by Crippen LogP contribution is -2.55. The molecule has 0 spiro atoms. The largest absolute Gasteiger partial charge is 0.480 e. The van der Waals surface area contributed by atoms with Crippen LogP contribution in [-0.4, -0.2) is 94.9 Å². The topological polar surface area (TPSA) is 174 Å². The fraction of sp³-hybridized carbons (Fsp3) is 0.571. The summed E-state index contributed by atoms with van der Waals surface area (Å²) in [5.74, 6) is -3.06. The Kier molecular flexibility index (Phi) is 11.5. The molecule has 0 aliphatic carbocycles. The van der Waals surface area contributed by atoms with Crippen LogP contribution < -0.4 is 16.0 Å². The molecule has 0 aromatic heterocycles. The van der Waals surface area contributed by atoms with Crippen molar-refractivity contribution in [3.8, 4) is 0 Å². The van der Waals surface area contributed by atoms with Crippen molar-refractivity contribution < 1.29 is 38.6 Å². The van der Waals surface area contributed by atoms with Crippen molar-refractivity contribution in [2.45, 2.75) is 70.7 Å². The van der Waals surface area contributed by atoms with E-state index in [1.165, 1.54) is 9.80 Å². The highest BCUT2D eigenvalue weighted by Crippen LogP contribution is 2.19. The lowest BCUT2D eigenvalue weighted by Gasteiger charge is -2.27. The minimum atomic E-state index is -1.08. The Hall–Kier alpha value is -4.16. The van der Waals surface area contributed by atoms with Crippen molar-refractivity contribution >= 4 is 35.7 Å². The van der Waals surface area contributed by atoms with Gasteiger partial charge in [0.25, 0.3) is 0 Å². The van der Waals surface area contributed by atoms with E-state index in [4.69, 9.17) is 4.74 Å². The predicted octanol–water partition coefficient (Wildman–Crippen LogP) is 0.627. The van der Waals surface area contributed by atoms with Gasteiger partial charge in [-0.05, 0) is 43.6 Å². The lowest BCUT2D eigenvalue weighted by molar-refractivity contribution is -0.148. The number of ether oxygens (including phenoxy) is 1. The number of alkyl carbamates (subject to hydrolysis) is 1. The number of nitrogens with one attached hydrogen (secondary N) is 3. The molecule has 1 aromatic carbocycles. The molecule has 5 amide bonds. The summed E-state index contributed by atoms with van der Waals surface area (Å²) >= 11 is 0. The highest BCUT2D eigenvalue weighted by Gasteiger charge is 2.37. The van der Waals surface area contributed by atoms with E-state index < -0.39 is 53.8 Å².